The molecule has 4 rings (SSSR count). The molecule has 1 N–H and O–H groups in total. The van der Waals surface area contributed by atoms with E-state index in [2.05, 4.69) is 44.4 Å². The third kappa shape index (κ3) is 3.49. The number of carbonyl (C=O) groups excluding carboxylic acids is 1. The van der Waals surface area contributed by atoms with E-state index >= 15 is 0 Å². The highest BCUT2D eigenvalue weighted by Crippen LogP contribution is 2.29. The lowest BCUT2D eigenvalue weighted by atomic mass is 9.96. The number of aryl methyl sites for hydroxylation is 2. The van der Waals surface area contributed by atoms with Crippen molar-refractivity contribution in [2.24, 2.45) is 5.92 Å². The zero-order valence-corrected chi connectivity index (χ0v) is 15.6. The molecule has 3 heterocycles. The number of fused-ring (bicyclic) bond motifs is 1. The standard InChI is InChI=1S/C20H23N5O2/c1-3-14-6-8-16(9-7-14)23-19(26)15-5-4-10-25(11-15)18-17-13(2)24-27-20(17)22-12-21-18/h6-9,12,15H,3-5,10-11H2,1-2H3,(H,23,26). The van der Waals surface area contributed by atoms with Crippen molar-refractivity contribution in [3.8, 4) is 0 Å². The van der Waals surface area contributed by atoms with Gasteiger partial charge in [0.05, 0.1) is 11.6 Å². The fourth-order valence-corrected chi connectivity index (χ4v) is 3.60. The van der Waals surface area contributed by atoms with Gasteiger partial charge in [0.2, 0.25) is 5.91 Å². The molecule has 1 aliphatic heterocycles. The number of rotatable bonds is 4. The summed E-state index contributed by atoms with van der Waals surface area (Å²) in [6, 6.07) is 8.03. The molecule has 1 unspecified atom stereocenters. The van der Waals surface area contributed by atoms with Gasteiger partial charge < -0.3 is 14.7 Å². The van der Waals surface area contributed by atoms with Gasteiger partial charge in [-0.1, -0.05) is 24.2 Å². The Morgan fingerprint density at radius 1 is 1.30 bits per heavy atom. The van der Waals surface area contributed by atoms with Gasteiger partial charge in [0.1, 0.15) is 17.5 Å². The van der Waals surface area contributed by atoms with Crippen LogP contribution >= 0.6 is 0 Å². The van der Waals surface area contributed by atoms with Gasteiger partial charge in [0.15, 0.2) is 0 Å². The topological polar surface area (TPSA) is 84.2 Å². The monoisotopic (exact) mass is 365 g/mol. The largest absolute Gasteiger partial charge is 0.355 e. The normalized spacial score (nSPS) is 17.3. The zero-order chi connectivity index (χ0) is 18.8. The molecule has 2 aromatic heterocycles. The van der Waals surface area contributed by atoms with Gasteiger partial charge >= 0.3 is 0 Å². The summed E-state index contributed by atoms with van der Waals surface area (Å²) in [6.07, 6.45) is 4.28. The summed E-state index contributed by atoms with van der Waals surface area (Å²) in [6.45, 7) is 5.47. The lowest BCUT2D eigenvalue weighted by Gasteiger charge is -2.33. The number of piperidine rings is 1. The molecule has 1 atom stereocenters. The molecule has 3 aromatic rings. The highest BCUT2D eigenvalue weighted by Gasteiger charge is 2.28. The van der Waals surface area contributed by atoms with Crippen LogP contribution in [0.15, 0.2) is 35.1 Å². The molecule has 0 aliphatic carbocycles. The van der Waals surface area contributed by atoms with Gasteiger partial charge in [-0.3, -0.25) is 4.79 Å². The number of hydrogen-bond acceptors (Lipinski definition) is 6. The number of amides is 1. The van der Waals surface area contributed by atoms with Crippen molar-refractivity contribution in [1.29, 1.82) is 0 Å². The first kappa shape index (κ1) is 17.5. The maximum Gasteiger partial charge on any atom is 0.263 e. The second-order valence-electron chi connectivity index (χ2n) is 6.97. The average molecular weight is 365 g/mol. The Hall–Kier alpha value is -2.96. The number of nitrogens with one attached hydrogen (secondary N) is 1. The fraction of sp³-hybridized carbons (Fsp3) is 0.400. The highest BCUT2D eigenvalue weighted by atomic mass is 16.5. The lowest BCUT2D eigenvalue weighted by molar-refractivity contribution is -0.120. The molecule has 1 amide bonds. The van der Waals surface area contributed by atoms with E-state index in [4.69, 9.17) is 4.52 Å². The molecule has 1 aromatic carbocycles. The van der Waals surface area contributed by atoms with Crippen molar-refractivity contribution in [3.63, 3.8) is 0 Å². The van der Waals surface area contributed by atoms with Crippen LogP contribution in [0, 0.1) is 12.8 Å². The van der Waals surface area contributed by atoms with Crippen LogP contribution in [0.25, 0.3) is 11.1 Å². The molecule has 1 fully saturated rings. The van der Waals surface area contributed by atoms with Crippen LogP contribution in [0.4, 0.5) is 11.5 Å². The summed E-state index contributed by atoms with van der Waals surface area (Å²) in [5.41, 5.74) is 3.35. The van der Waals surface area contributed by atoms with Crippen molar-refractivity contribution in [3.05, 3.63) is 41.9 Å². The number of benzene rings is 1. The Bertz CT molecular complexity index is 951. The summed E-state index contributed by atoms with van der Waals surface area (Å²) in [5, 5.41) is 7.87. The third-order valence-corrected chi connectivity index (χ3v) is 5.14. The van der Waals surface area contributed by atoms with E-state index in [-0.39, 0.29) is 11.8 Å². The predicted molar refractivity (Wildman–Crippen MR) is 104 cm³/mol. The van der Waals surface area contributed by atoms with Crippen molar-refractivity contribution in [2.45, 2.75) is 33.1 Å². The minimum atomic E-state index is -0.0882. The van der Waals surface area contributed by atoms with Gasteiger partial charge in [0, 0.05) is 18.8 Å². The van der Waals surface area contributed by atoms with Crippen molar-refractivity contribution < 1.29 is 9.32 Å². The summed E-state index contributed by atoms with van der Waals surface area (Å²) in [5.74, 6) is 0.759. The van der Waals surface area contributed by atoms with E-state index in [1.165, 1.54) is 11.9 Å². The van der Waals surface area contributed by atoms with Crippen molar-refractivity contribution in [1.82, 2.24) is 15.1 Å². The fourth-order valence-electron chi connectivity index (χ4n) is 3.60. The predicted octanol–water partition coefficient (Wildman–Crippen LogP) is 3.34. The summed E-state index contributed by atoms with van der Waals surface area (Å²) < 4.78 is 5.25. The maximum absolute atomic E-state index is 12.8. The molecule has 7 nitrogen and oxygen atoms in total. The second kappa shape index (κ2) is 7.34. The number of hydrogen-bond donors (Lipinski definition) is 1. The van der Waals surface area contributed by atoms with Crippen LogP contribution in [0.1, 0.15) is 31.0 Å². The molecule has 1 aliphatic rings. The van der Waals surface area contributed by atoms with Crippen LogP contribution in [0.2, 0.25) is 0 Å². The van der Waals surface area contributed by atoms with Gasteiger partial charge in [-0.25, -0.2) is 4.98 Å². The van der Waals surface area contributed by atoms with Crippen LogP contribution < -0.4 is 10.2 Å². The van der Waals surface area contributed by atoms with E-state index in [1.807, 2.05) is 19.1 Å². The smallest absolute Gasteiger partial charge is 0.263 e. The van der Waals surface area contributed by atoms with E-state index < -0.39 is 0 Å². The van der Waals surface area contributed by atoms with E-state index in [0.717, 1.165) is 48.4 Å². The molecule has 7 heteroatoms. The number of anilines is 2. The molecular weight excluding hydrogens is 342 g/mol. The Morgan fingerprint density at radius 3 is 2.89 bits per heavy atom. The molecule has 27 heavy (non-hydrogen) atoms. The number of nitrogens with zero attached hydrogens (tertiary/aromatic N) is 4. The first-order valence-corrected chi connectivity index (χ1v) is 9.37. The van der Waals surface area contributed by atoms with Gasteiger partial charge in [0.25, 0.3) is 5.71 Å². The number of aromatic nitrogens is 3. The molecule has 0 saturated carbocycles. The highest BCUT2D eigenvalue weighted by molar-refractivity contribution is 5.93. The first-order chi connectivity index (χ1) is 13.2. The summed E-state index contributed by atoms with van der Waals surface area (Å²) >= 11 is 0. The Balaban J connectivity index is 1.50. The van der Waals surface area contributed by atoms with Crippen LogP contribution in [0.5, 0.6) is 0 Å². The quantitative estimate of drug-likeness (QED) is 0.763. The van der Waals surface area contributed by atoms with E-state index in [1.54, 1.807) is 0 Å². The first-order valence-electron chi connectivity index (χ1n) is 9.37. The molecular formula is C20H23N5O2. The Kier molecular flexibility index (Phi) is 4.75. The van der Waals surface area contributed by atoms with Crippen LogP contribution in [-0.2, 0) is 11.2 Å². The zero-order valence-electron chi connectivity index (χ0n) is 15.6. The van der Waals surface area contributed by atoms with Crippen LogP contribution in [-0.4, -0.2) is 34.1 Å². The number of carbonyl (C=O) groups is 1. The lowest BCUT2D eigenvalue weighted by Crippen LogP contribution is -2.41. The summed E-state index contributed by atoms with van der Waals surface area (Å²) in [7, 11) is 0. The molecule has 140 valence electrons. The summed E-state index contributed by atoms with van der Waals surface area (Å²) in [4.78, 5) is 23.5. The average Bonchev–Trinajstić information content (AvgIpc) is 3.10. The van der Waals surface area contributed by atoms with E-state index in [9.17, 15) is 4.79 Å². The van der Waals surface area contributed by atoms with Crippen molar-refractivity contribution in [2.75, 3.05) is 23.3 Å². The molecule has 0 spiro atoms. The van der Waals surface area contributed by atoms with Gasteiger partial charge in [-0.15, -0.1) is 0 Å². The minimum absolute atomic E-state index is 0.0521. The minimum Gasteiger partial charge on any atom is -0.355 e. The van der Waals surface area contributed by atoms with Crippen molar-refractivity contribution >= 4 is 28.5 Å². The molecule has 0 bridgehead atoms. The molecule has 1 saturated heterocycles. The third-order valence-electron chi connectivity index (χ3n) is 5.14. The molecule has 0 radical (unpaired) electrons. The SMILES string of the molecule is CCc1ccc(NC(=O)C2CCCN(c3ncnc4onc(C)c34)C2)cc1. The Morgan fingerprint density at radius 2 is 2.11 bits per heavy atom. The van der Waals surface area contributed by atoms with Gasteiger partial charge in [-0.05, 0) is 43.9 Å². The van der Waals surface area contributed by atoms with Gasteiger partial charge in [-0.2, -0.15) is 4.98 Å². The maximum atomic E-state index is 12.8. The Labute approximate surface area is 157 Å². The second-order valence-corrected chi connectivity index (χ2v) is 6.97. The van der Waals surface area contributed by atoms with Crippen LogP contribution in [0.3, 0.4) is 0 Å². The van der Waals surface area contributed by atoms with E-state index in [0.29, 0.717) is 12.3 Å².